The number of nitrogens with zero attached hydrogens (tertiary/aromatic N) is 6. The number of hydrogen-bond acceptors (Lipinski definition) is 10. The van der Waals surface area contributed by atoms with E-state index in [0.29, 0.717) is 23.1 Å². The number of rotatable bonds is 8. The average Bonchev–Trinajstić information content (AvgIpc) is 3.42. The van der Waals surface area contributed by atoms with E-state index in [0.717, 1.165) is 45.6 Å². The number of amides is 2. The Morgan fingerprint density at radius 3 is 2.78 bits per heavy atom. The Bertz CT molecular complexity index is 1300. The Morgan fingerprint density at radius 2 is 2.03 bits per heavy atom. The molecule has 5 heterocycles. The molecule has 3 N–H and O–H groups in total. The van der Waals surface area contributed by atoms with E-state index in [1.165, 1.54) is 7.05 Å². The van der Waals surface area contributed by atoms with Gasteiger partial charge in [0, 0.05) is 44.8 Å². The van der Waals surface area contributed by atoms with Gasteiger partial charge in [0.05, 0.1) is 18.5 Å². The van der Waals surface area contributed by atoms with Gasteiger partial charge in [0.2, 0.25) is 11.9 Å². The van der Waals surface area contributed by atoms with Crippen LogP contribution in [0.2, 0.25) is 0 Å². The highest BCUT2D eigenvalue weighted by molar-refractivity contribution is 5.99. The van der Waals surface area contributed by atoms with Gasteiger partial charge >= 0.3 is 0 Å². The van der Waals surface area contributed by atoms with Crippen molar-refractivity contribution in [1.29, 1.82) is 0 Å². The van der Waals surface area contributed by atoms with Gasteiger partial charge in [0.25, 0.3) is 5.91 Å². The van der Waals surface area contributed by atoms with Gasteiger partial charge in [-0.1, -0.05) is 0 Å². The van der Waals surface area contributed by atoms with Crippen LogP contribution in [0.15, 0.2) is 24.4 Å². The number of aromatic nitrogens is 5. The first-order valence-electron chi connectivity index (χ1n) is 12.1. The molecule has 1 unspecified atom stereocenters. The van der Waals surface area contributed by atoms with Crippen LogP contribution in [0.3, 0.4) is 0 Å². The molecule has 3 fully saturated rings. The first-order valence-corrected chi connectivity index (χ1v) is 12.1. The van der Waals surface area contributed by atoms with Gasteiger partial charge in [-0.3, -0.25) is 14.5 Å². The van der Waals surface area contributed by atoms with Crippen LogP contribution in [-0.4, -0.2) is 87.0 Å². The van der Waals surface area contributed by atoms with Gasteiger partial charge in [-0.2, -0.15) is 4.98 Å². The van der Waals surface area contributed by atoms with Crippen LogP contribution in [0, 0.1) is 5.92 Å². The lowest BCUT2D eigenvalue weighted by Crippen LogP contribution is -2.57. The lowest BCUT2D eigenvalue weighted by Gasteiger charge is -2.42. The number of pyridine rings is 1. The molecular formula is C23H27N9O4. The van der Waals surface area contributed by atoms with E-state index in [9.17, 15) is 9.59 Å². The predicted octanol–water partition coefficient (Wildman–Crippen LogP) is 0.823. The lowest BCUT2D eigenvalue weighted by atomic mass is 10.1. The highest BCUT2D eigenvalue weighted by Crippen LogP contribution is 2.30. The van der Waals surface area contributed by atoms with Crippen LogP contribution < -0.4 is 20.7 Å². The number of hydrogen-bond donors (Lipinski definition) is 3. The smallest absolute Gasteiger partial charge is 0.273 e. The molecule has 3 aromatic heterocycles. The summed E-state index contributed by atoms with van der Waals surface area (Å²) in [6, 6.07) is 5.74. The zero-order valence-corrected chi connectivity index (χ0v) is 19.8. The largest absolute Gasteiger partial charge is 0.486 e. The fourth-order valence-corrected chi connectivity index (χ4v) is 4.36. The Labute approximate surface area is 206 Å². The first-order chi connectivity index (χ1) is 17.6. The van der Waals surface area contributed by atoms with Gasteiger partial charge in [0.15, 0.2) is 17.2 Å². The third-order valence-corrected chi connectivity index (χ3v) is 6.59. The van der Waals surface area contributed by atoms with Crippen molar-refractivity contribution in [3.63, 3.8) is 0 Å². The molecule has 3 aliphatic rings. The standard InChI is InChI=1S/C23H27N9O4/c1-24-22(34)20-17(8-18(28-29-20)26-21(33)13-2-3-13)25-23-27-19-5-4-15(11-32(19)30-23)36-16-9-31(10-16)14-6-7-35-12-14/h4-5,8,11,13-14,16H,2-3,6-7,9-10,12H2,1H3,(H,24,34)(H2,25,26,28,30,33). The first kappa shape index (κ1) is 22.6. The molecule has 1 atom stereocenters. The van der Waals surface area contributed by atoms with Gasteiger partial charge < -0.3 is 25.4 Å². The summed E-state index contributed by atoms with van der Waals surface area (Å²) in [5.41, 5.74) is 0.995. The second kappa shape index (κ2) is 9.32. The molecule has 0 bridgehead atoms. The molecule has 3 aromatic rings. The fraction of sp³-hybridized carbons (Fsp3) is 0.478. The molecular weight excluding hydrogens is 466 g/mol. The summed E-state index contributed by atoms with van der Waals surface area (Å²) in [6.45, 7) is 3.40. The van der Waals surface area contributed by atoms with Crippen molar-refractivity contribution in [2.24, 2.45) is 5.92 Å². The second-order valence-electron chi connectivity index (χ2n) is 9.27. The zero-order chi connectivity index (χ0) is 24.6. The number of ether oxygens (including phenoxy) is 2. The van der Waals surface area contributed by atoms with Crippen molar-refractivity contribution >= 4 is 34.9 Å². The van der Waals surface area contributed by atoms with E-state index in [1.807, 2.05) is 12.1 Å². The monoisotopic (exact) mass is 493 g/mol. The number of carbonyl (C=O) groups is 2. The minimum Gasteiger partial charge on any atom is -0.486 e. The van der Waals surface area contributed by atoms with E-state index in [4.69, 9.17) is 9.47 Å². The minimum absolute atomic E-state index is 0.0121. The maximum Gasteiger partial charge on any atom is 0.273 e. The highest BCUT2D eigenvalue weighted by Gasteiger charge is 2.35. The number of anilines is 3. The van der Waals surface area contributed by atoms with E-state index < -0.39 is 5.91 Å². The molecule has 2 aliphatic heterocycles. The molecule has 0 spiro atoms. The quantitative estimate of drug-likeness (QED) is 0.412. The van der Waals surface area contributed by atoms with Crippen LogP contribution >= 0.6 is 0 Å². The number of fused-ring (bicyclic) bond motifs is 1. The molecule has 2 amide bonds. The molecule has 1 aliphatic carbocycles. The molecule has 1 saturated carbocycles. The van der Waals surface area contributed by atoms with E-state index in [1.54, 1.807) is 16.8 Å². The van der Waals surface area contributed by atoms with Crippen molar-refractivity contribution in [2.75, 3.05) is 44.0 Å². The molecule has 13 heteroatoms. The molecule has 36 heavy (non-hydrogen) atoms. The summed E-state index contributed by atoms with van der Waals surface area (Å²) in [6.07, 6.45) is 4.72. The maximum atomic E-state index is 12.3. The third-order valence-electron chi connectivity index (χ3n) is 6.59. The SMILES string of the molecule is CNC(=O)c1nnc(NC(=O)C2CC2)cc1Nc1nc2ccc(OC3CN(C4CCOC4)C3)cn2n1. The molecule has 6 rings (SSSR count). The normalized spacial score (nSPS) is 20.2. The van der Waals surface area contributed by atoms with Gasteiger partial charge in [0.1, 0.15) is 11.9 Å². The van der Waals surface area contributed by atoms with Gasteiger partial charge in [-0.25, -0.2) is 4.52 Å². The summed E-state index contributed by atoms with van der Waals surface area (Å²) >= 11 is 0. The van der Waals surface area contributed by atoms with Crippen molar-refractivity contribution in [1.82, 2.24) is 35.0 Å². The number of nitrogens with one attached hydrogen (secondary N) is 3. The summed E-state index contributed by atoms with van der Waals surface area (Å²) in [5, 5.41) is 20.8. The minimum atomic E-state index is -0.428. The Balaban J connectivity index is 1.16. The Morgan fingerprint density at radius 1 is 1.17 bits per heavy atom. The van der Waals surface area contributed by atoms with Crippen molar-refractivity contribution in [3.05, 3.63) is 30.1 Å². The predicted molar refractivity (Wildman–Crippen MR) is 128 cm³/mol. The molecule has 2 saturated heterocycles. The zero-order valence-electron chi connectivity index (χ0n) is 19.8. The molecule has 13 nitrogen and oxygen atoms in total. The second-order valence-corrected chi connectivity index (χ2v) is 9.27. The summed E-state index contributed by atoms with van der Waals surface area (Å²) < 4.78 is 13.2. The molecule has 0 radical (unpaired) electrons. The fourth-order valence-electron chi connectivity index (χ4n) is 4.36. The number of carbonyl (C=O) groups excluding carboxylic acids is 2. The van der Waals surface area contributed by atoms with Crippen LogP contribution in [0.4, 0.5) is 17.5 Å². The van der Waals surface area contributed by atoms with Crippen LogP contribution in [-0.2, 0) is 9.53 Å². The maximum absolute atomic E-state index is 12.3. The van der Waals surface area contributed by atoms with Gasteiger partial charge in [-0.15, -0.1) is 15.3 Å². The summed E-state index contributed by atoms with van der Waals surface area (Å²) in [4.78, 5) is 31.3. The van der Waals surface area contributed by atoms with Gasteiger partial charge in [-0.05, 0) is 31.4 Å². The molecule has 188 valence electrons. The van der Waals surface area contributed by atoms with Crippen molar-refractivity contribution < 1.29 is 19.1 Å². The van der Waals surface area contributed by atoms with E-state index >= 15 is 0 Å². The van der Waals surface area contributed by atoms with Crippen LogP contribution in [0.25, 0.3) is 5.65 Å². The Hall–Kier alpha value is -3.84. The Kier molecular flexibility index (Phi) is 5.85. The van der Waals surface area contributed by atoms with Crippen LogP contribution in [0.5, 0.6) is 5.75 Å². The topological polar surface area (TPSA) is 148 Å². The molecule has 0 aromatic carbocycles. The lowest BCUT2D eigenvalue weighted by molar-refractivity contribution is -0.117. The summed E-state index contributed by atoms with van der Waals surface area (Å²) in [7, 11) is 1.50. The highest BCUT2D eigenvalue weighted by atomic mass is 16.5. The average molecular weight is 494 g/mol. The van der Waals surface area contributed by atoms with Crippen molar-refractivity contribution in [3.8, 4) is 5.75 Å². The summed E-state index contributed by atoms with van der Waals surface area (Å²) in [5.74, 6) is 0.697. The van der Waals surface area contributed by atoms with E-state index in [-0.39, 0.29) is 35.4 Å². The number of likely N-dealkylation sites (tertiary alicyclic amines) is 1. The van der Waals surface area contributed by atoms with E-state index in [2.05, 4.69) is 41.1 Å². The van der Waals surface area contributed by atoms with Crippen molar-refractivity contribution in [2.45, 2.75) is 31.4 Å². The van der Waals surface area contributed by atoms with Crippen LogP contribution in [0.1, 0.15) is 29.8 Å². The third kappa shape index (κ3) is 4.66.